The predicted molar refractivity (Wildman–Crippen MR) is 160 cm³/mol. The van der Waals surface area contributed by atoms with Gasteiger partial charge in [-0.15, -0.1) is 0 Å². The number of sulfonamides is 1. The van der Waals surface area contributed by atoms with Gasteiger partial charge in [-0.05, 0) is 60.5 Å². The fraction of sp³-hybridized carbons (Fsp3) is 0.310. The van der Waals surface area contributed by atoms with Crippen molar-refractivity contribution in [2.45, 2.75) is 31.2 Å². The lowest BCUT2D eigenvalue weighted by molar-refractivity contribution is -0.137. The Kier molecular flexibility index (Phi) is 9.65. The summed E-state index contributed by atoms with van der Waals surface area (Å²) in [6.07, 6.45) is -3.97. The van der Waals surface area contributed by atoms with Gasteiger partial charge in [0.2, 0.25) is 15.9 Å². The Morgan fingerprint density at radius 3 is 1.91 bits per heavy atom. The zero-order valence-corrected chi connectivity index (χ0v) is 25.7. The fourth-order valence-corrected chi connectivity index (χ4v) is 6.43. The molecule has 2 amide bonds. The molecule has 8 nitrogen and oxygen atoms in total. The third kappa shape index (κ3) is 7.61. The van der Waals surface area contributed by atoms with Crippen molar-refractivity contribution in [1.82, 2.24) is 15.5 Å². The van der Waals surface area contributed by atoms with E-state index in [1.54, 1.807) is 24.3 Å². The predicted octanol–water partition coefficient (Wildman–Crippen LogP) is 5.12. The SMILES string of the molecule is CNC(=O)C(C)NC(=O)c1cc(N(C2CN(C(c3ccc(Cl)cc3)c3ccc(Cl)cc3)C2)S(C)(=O)=O)cc(C(F)(F)F)c1. The van der Waals surface area contributed by atoms with Crippen LogP contribution in [0.25, 0.3) is 0 Å². The van der Waals surface area contributed by atoms with Crippen LogP contribution in [0.2, 0.25) is 10.0 Å². The van der Waals surface area contributed by atoms with Crippen molar-refractivity contribution < 1.29 is 31.2 Å². The van der Waals surface area contributed by atoms with E-state index in [2.05, 4.69) is 10.6 Å². The van der Waals surface area contributed by atoms with Gasteiger partial charge in [-0.25, -0.2) is 8.42 Å². The third-order valence-corrected chi connectivity index (χ3v) is 8.79. The van der Waals surface area contributed by atoms with Crippen molar-refractivity contribution >= 4 is 50.7 Å². The third-order valence-electron chi connectivity index (χ3n) is 7.07. The second-order valence-electron chi connectivity index (χ2n) is 10.2. The number of benzene rings is 3. The van der Waals surface area contributed by atoms with E-state index in [4.69, 9.17) is 23.2 Å². The highest BCUT2D eigenvalue weighted by Gasteiger charge is 2.42. The summed E-state index contributed by atoms with van der Waals surface area (Å²) in [5.41, 5.74) is -0.202. The summed E-state index contributed by atoms with van der Waals surface area (Å²) in [6.45, 7) is 1.72. The normalized spacial score (nSPS) is 15.1. The van der Waals surface area contributed by atoms with Gasteiger partial charge in [0, 0.05) is 35.7 Å². The van der Waals surface area contributed by atoms with Gasteiger partial charge in [0.15, 0.2) is 0 Å². The second kappa shape index (κ2) is 12.7. The average molecular weight is 658 g/mol. The van der Waals surface area contributed by atoms with Crippen molar-refractivity contribution in [2.24, 2.45) is 0 Å². The van der Waals surface area contributed by atoms with E-state index in [9.17, 15) is 31.2 Å². The standard InChI is InChI=1S/C29H29Cl2F3N4O4S/c1-17(27(39)35-2)36-28(40)20-12-21(29(32,33)34)14-24(13-20)38(43(3,41)42)25-15-37(16-25)26(18-4-8-22(30)9-5-18)19-6-10-23(31)11-7-19/h4-14,17,25-26H,15-16H2,1-3H3,(H,35,39)(H,36,40). The van der Waals surface area contributed by atoms with Crippen molar-refractivity contribution in [3.8, 4) is 0 Å². The summed E-state index contributed by atoms with van der Waals surface area (Å²) in [5, 5.41) is 5.76. The van der Waals surface area contributed by atoms with E-state index in [0.717, 1.165) is 27.8 Å². The molecule has 14 heteroatoms. The van der Waals surface area contributed by atoms with E-state index < -0.39 is 51.2 Å². The molecule has 1 heterocycles. The Hall–Kier alpha value is -3.32. The Balaban J connectivity index is 1.69. The number of carbonyl (C=O) groups is 2. The molecular weight excluding hydrogens is 628 g/mol. The van der Waals surface area contributed by atoms with Gasteiger partial charge in [-0.3, -0.25) is 18.8 Å². The zero-order chi connectivity index (χ0) is 31.7. The lowest BCUT2D eigenvalue weighted by Gasteiger charge is -2.49. The number of hydrogen-bond donors (Lipinski definition) is 2. The van der Waals surface area contributed by atoms with E-state index >= 15 is 0 Å². The van der Waals surface area contributed by atoms with Crippen molar-refractivity contribution in [3.05, 3.63) is 99.0 Å². The molecule has 230 valence electrons. The highest BCUT2D eigenvalue weighted by Crippen LogP contribution is 2.39. The topological polar surface area (TPSA) is 98.8 Å². The lowest BCUT2D eigenvalue weighted by Crippen LogP contribution is -2.61. The van der Waals surface area contributed by atoms with Crippen molar-refractivity contribution in [3.63, 3.8) is 0 Å². The molecule has 1 saturated heterocycles. The average Bonchev–Trinajstić information content (AvgIpc) is 2.91. The number of alkyl halides is 3. The van der Waals surface area contributed by atoms with Crippen LogP contribution in [0.15, 0.2) is 66.7 Å². The van der Waals surface area contributed by atoms with Crippen LogP contribution in [0, 0.1) is 0 Å². The van der Waals surface area contributed by atoms with Crippen LogP contribution in [0.5, 0.6) is 0 Å². The van der Waals surface area contributed by atoms with Crippen LogP contribution in [0.4, 0.5) is 18.9 Å². The Morgan fingerprint density at radius 2 is 1.47 bits per heavy atom. The first-order chi connectivity index (χ1) is 20.1. The Morgan fingerprint density at radius 1 is 0.953 bits per heavy atom. The fourth-order valence-electron chi connectivity index (χ4n) is 5.02. The summed E-state index contributed by atoms with van der Waals surface area (Å²) in [4.78, 5) is 26.7. The first kappa shape index (κ1) is 32.6. The van der Waals surface area contributed by atoms with Gasteiger partial charge < -0.3 is 10.6 Å². The maximum atomic E-state index is 13.9. The molecule has 0 bridgehead atoms. The van der Waals surface area contributed by atoms with Crippen molar-refractivity contribution in [2.75, 3.05) is 30.7 Å². The molecule has 1 unspecified atom stereocenters. The zero-order valence-electron chi connectivity index (χ0n) is 23.3. The van der Waals surface area contributed by atoms with Crippen LogP contribution < -0.4 is 14.9 Å². The Bertz CT molecular complexity index is 1550. The summed E-state index contributed by atoms with van der Waals surface area (Å²) in [5.74, 6) is -1.51. The number of hydrogen-bond acceptors (Lipinski definition) is 5. The number of rotatable bonds is 9. The molecule has 43 heavy (non-hydrogen) atoms. The number of nitrogens with one attached hydrogen (secondary N) is 2. The van der Waals surface area contributed by atoms with E-state index in [-0.39, 0.29) is 24.8 Å². The highest BCUT2D eigenvalue weighted by atomic mass is 35.5. The number of nitrogens with zero attached hydrogens (tertiary/aromatic N) is 2. The number of halogens is 5. The van der Waals surface area contributed by atoms with Crippen molar-refractivity contribution in [1.29, 1.82) is 0 Å². The summed E-state index contributed by atoms with van der Waals surface area (Å²) in [7, 11) is -2.75. The maximum absolute atomic E-state index is 13.9. The first-order valence-corrected chi connectivity index (χ1v) is 15.7. The van der Waals surface area contributed by atoms with Crippen LogP contribution in [-0.2, 0) is 21.0 Å². The minimum Gasteiger partial charge on any atom is -0.357 e. The van der Waals surface area contributed by atoms with E-state index in [1.165, 1.54) is 14.0 Å². The molecule has 1 aliphatic heterocycles. The number of likely N-dealkylation sites (N-methyl/N-ethyl adjacent to an activating group) is 1. The largest absolute Gasteiger partial charge is 0.416 e. The molecule has 0 aromatic heterocycles. The van der Waals surface area contributed by atoms with Gasteiger partial charge in [0.25, 0.3) is 5.91 Å². The van der Waals surface area contributed by atoms with E-state index in [1.807, 2.05) is 29.2 Å². The molecular formula is C29H29Cl2F3N4O4S. The monoisotopic (exact) mass is 656 g/mol. The summed E-state index contributed by atoms with van der Waals surface area (Å²) >= 11 is 12.2. The van der Waals surface area contributed by atoms with Gasteiger partial charge in [0.05, 0.1) is 29.6 Å². The van der Waals surface area contributed by atoms with Gasteiger partial charge in [0.1, 0.15) is 6.04 Å². The van der Waals surface area contributed by atoms with Gasteiger partial charge in [-0.2, -0.15) is 13.2 Å². The van der Waals surface area contributed by atoms with Gasteiger partial charge >= 0.3 is 6.18 Å². The molecule has 0 saturated carbocycles. The minimum atomic E-state index is -4.87. The lowest BCUT2D eigenvalue weighted by atomic mass is 9.93. The smallest absolute Gasteiger partial charge is 0.357 e. The summed E-state index contributed by atoms with van der Waals surface area (Å²) in [6, 6.07) is 14.7. The molecule has 0 spiro atoms. The molecule has 4 rings (SSSR count). The molecule has 2 N–H and O–H groups in total. The maximum Gasteiger partial charge on any atom is 0.416 e. The molecule has 1 aliphatic rings. The molecule has 1 fully saturated rings. The Labute approximate surface area is 257 Å². The minimum absolute atomic E-state index is 0.175. The number of anilines is 1. The molecule has 3 aromatic rings. The summed E-state index contributed by atoms with van der Waals surface area (Å²) < 4.78 is 68.8. The van der Waals surface area contributed by atoms with Crippen LogP contribution in [0.1, 0.15) is 40.0 Å². The van der Waals surface area contributed by atoms with E-state index in [0.29, 0.717) is 22.2 Å². The second-order valence-corrected chi connectivity index (χ2v) is 13.0. The highest BCUT2D eigenvalue weighted by molar-refractivity contribution is 7.92. The first-order valence-electron chi connectivity index (χ1n) is 13.1. The number of carbonyl (C=O) groups excluding carboxylic acids is 2. The molecule has 0 radical (unpaired) electrons. The quantitative estimate of drug-likeness (QED) is 0.333. The molecule has 0 aliphatic carbocycles. The number of likely N-dealkylation sites (tertiary alicyclic amines) is 1. The van der Waals surface area contributed by atoms with Crippen LogP contribution in [0.3, 0.4) is 0 Å². The number of amides is 2. The molecule has 3 aromatic carbocycles. The van der Waals surface area contributed by atoms with Gasteiger partial charge in [-0.1, -0.05) is 47.5 Å². The van der Waals surface area contributed by atoms with Crippen LogP contribution in [-0.4, -0.2) is 63.6 Å². The van der Waals surface area contributed by atoms with Crippen LogP contribution >= 0.6 is 23.2 Å². The molecule has 1 atom stereocenters.